The Bertz CT molecular complexity index is 168. The van der Waals surface area contributed by atoms with Gasteiger partial charge in [-0.3, -0.25) is 0 Å². The molecular weight excluding hydrogens is 172 g/mol. The van der Waals surface area contributed by atoms with Gasteiger partial charge in [-0.25, -0.2) is 0 Å². The van der Waals surface area contributed by atoms with Crippen LogP contribution < -0.4 is 0 Å². The number of hydrogen-bond acceptors (Lipinski definition) is 1. The molecule has 1 saturated carbocycles. The zero-order valence-corrected chi connectivity index (χ0v) is 10.2. The molecule has 14 heavy (non-hydrogen) atoms. The molecule has 1 aliphatic carbocycles. The largest absolute Gasteiger partial charge is 0.390 e. The molecule has 0 heterocycles. The molecular formula is C13H26O. The molecule has 0 aliphatic heterocycles. The van der Waals surface area contributed by atoms with Gasteiger partial charge in [0, 0.05) is 0 Å². The Morgan fingerprint density at radius 2 is 1.86 bits per heavy atom. The Balaban J connectivity index is 2.26. The maximum Gasteiger partial charge on any atom is 0.0655 e. The second kappa shape index (κ2) is 4.65. The maximum atomic E-state index is 10.2. The van der Waals surface area contributed by atoms with Crippen LogP contribution in [-0.4, -0.2) is 10.7 Å². The van der Waals surface area contributed by atoms with Gasteiger partial charge in [0.15, 0.2) is 0 Å². The molecule has 1 rings (SSSR count). The Morgan fingerprint density at radius 3 is 2.29 bits per heavy atom. The summed E-state index contributed by atoms with van der Waals surface area (Å²) < 4.78 is 0. The van der Waals surface area contributed by atoms with Gasteiger partial charge in [0.25, 0.3) is 0 Å². The van der Waals surface area contributed by atoms with E-state index in [2.05, 4.69) is 27.7 Å². The van der Waals surface area contributed by atoms with Gasteiger partial charge in [-0.05, 0) is 37.0 Å². The van der Waals surface area contributed by atoms with Crippen molar-refractivity contribution in [3.63, 3.8) is 0 Å². The van der Waals surface area contributed by atoms with Crippen LogP contribution in [0.2, 0.25) is 0 Å². The van der Waals surface area contributed by atoms with Crippen molar-refractivity contribution >= 4 is 0 Å². The van der Waals surface area contributed by atoms with Crippen molar-refractivity contribution in [2.45, 2.75) is 65.4 Å². The third-order valence-corrected chi connectivity index (χ3v) is 3.74. The quantitative estimate of drug-likeness (QED) is 0.715. The highest BCUT2D eigenvalue weighted by Gasteiger charge is 2.43. The normalized spacial score (nSPS) is 34.3. The summed E-state index contributed by atoms with van der Waals surface area (Å²) in [5.74, 6) is 2.21. The van der Waals surface area contributed by atoms with Crippen molar-refractivity contribution in [1.29, 1.82) is 0 Å². The molecule has 0 spiro atoms. The second-order valence-electron chi connectivity index (χ2n) is 5.73. The minimum absolute atomic E-state index is 0.302. The van der Waals surface area contributed by atoms with Crippen LogP contribution in [0.3, 0.4) is 0 Å². The number of aliphatic hydroxyl groups is 1. The molecule has 84 valence electrons. The van der Waals surface area contributed by atoms with Crippen LogP contribution in [0.5, 0.6) is 0 Å². The molecule has 1 N–H and O–H groups in total. The van der Waals surface area contributed by atoms with E-state index >= 15 is 0 Å². The fourth-order valence-corrected chi connectivity index (χ4v) is 2.80. The fraction of sp³-hybridized carbons (Fsp3) is 1.00. The van der Waals surface area contributed by atoms with Crippen LogP contribution in [0.25, 0.3) is 0 Å². The summed E-state index contributed by atoms with van der Waals surface area (Å²) in [7, 11) is 0. The first-order valence-electron chi connectivity index (χ1n) is 6.19. The second-order valence-corrected chi connectivity index (χ2v) is 5.73. The lowest BCUT2D eigenvalue weighted by Gasteiger charge is -2.47. The summed E-state index contributed by atoms with van der Waals surface area (Å²) in [6, 6.07) is 0. The van der Waals surface area contributed by atoms with Crippen molar-refractivity contribution in [3.05, 3.63) is 0 Å². The lowest BCUT2D eigenvalue weighted by molar-refractivity contribution is -0.101. The van der Waals surface area contributed by atoms with Gasteiger partial charge in [0.05, 0.1) is 5.60 Å². The predicted octanol–water partition coefficient (Wildman–Crippen LogP) is 3.61. The maximum absolute atomic E-state index is 10.2. The zero-order chi connectivity index (χ0) is 10.8. The van der Waals surface area contributed by atoms with Crippen LogP contribution in [-0.2, 0) is 0 Å². The first kappa shape index (κ1) is 12.0. The van der Waals surface area contributed by atoms with E-state index in [0.29, 0.717) is 5.92 Å². The van der Waals surface area contributed by atoms with E-state index in [1.54, 1.807) is 0 Å². The molecule has 0 aromatic carbocycles. The van der Waals surface area contributed by atoms with Crippen LogP contribution in [0, 0.1) is 17.8 Å². The fourth-order valence-electron chi connectivity index (χ4n) is 2.80. The van der Waals surface area contributed by atoms with Crippen LogP contribution in [0.15, 0.2) is 0 Å². The average Bonchev–Trinajstić information content (AvgIpc) is 1.99. The summed E-state index contributed by atoms with van der Waals surface area (Å²) in [5, 5.41) is 10.2. The Labute approximate surface area is 88.9 Å². The third kappa shape index (κ3) is 2.98. The molecule has 0 bridgehead atoms. The molecule has 0 radical (unpaired) electrons. The standard InChI is InChI=1S/C13H26O/c1-5-6-11(4)7-13(14)8-12(9-13)10(2)3/h10-12,14H,5-9H2,1-4H3. The van der Waals surface area contributed by atoms with Crippen molar-refractivity contribution in [3.8, 4) is 0 Å². The molecule has 1 atom stereocenters. The van der Waals surface area contributed by atoms with Crippen LogP contribution in [0.4, 0.5) is 0 Å². The molecule has 0 aromatic rings. The van der Waals surface area contributed by atoms with E-state index in [0.717, 1.165) is 31.1 Å². The number of hydrogen-bond donors (Lipinski definition) is 1. The van der Waals surface area contributed by atoms with E-state index in [1.165, 1.54) is 12.8 Å². The predicted molar refractivity (Wildman–Crippen MR) is 61.2 cm³/mol. The molecule has 1 heteroatoms. The lowest BCUT2D eigenvalue weighted by Crippen LogP contribution is -2.46. The zero-order valence-electron chi connectivity index (χ0n) is 10.2. The van der Waals surface area contributed by atoms with E-state index in [9.17, 15) is 5.11 Å². The van der Waals surface area contributed by atoms with Crippen LogP contribution >= 0.6 is 0 Å². The number of rotatable bonds is 5. The minimum atomic E-state index is -0.302. The van der Waals surface area contributed by atoms with E-state index < -0.39 is 0 Å². The van der Waals surface area contributed by atoms with Gasteiger partial charge in [0.1, 0.15) is 0 Å². The smallest absolute Gasteiger partial charge is 0.0655 e. The van der Waals surface area contributed by atoms with Crippen molar-refractivity contribution in [2.24, 2.45) is 17.8 Å². The summed E-state index contributed by atoms with van der Waals surface area (Å²) in [4.78, 5) is 0. The highest BCUT2D eigenvalue weighted by molar-refractivity contribution is 4.95. The van der Waals surface area contributed by atoms with E-state index in [1.807, 2.05) is 0 Å². The average molecular weight is 198 g/mol. The summed E-state index contributed by atoms with van der Waals surface area (Å²) in [5.41, 5.74) is -0.302. The SMILES string of the molecule is CCCC(C)CC1(O)CC(C(C)C)C1. The Hall–Kier alpha value is -0.0400. The van der Waals surface area contributed by atoms with Crippen LogP contribution in [0.1, 0.15) is 59.8 Å². The first-order chi connectivity index (χ1) is 6.47. The van der Waals surface area contributed by atoms with Gasteiger partial charge in [-0.2, -0.15) is 0 Å². The van der Waals surface area contributed by atoms with Crippen molar-refractivity contribution in [2.75, 3.05) is 0 Å². The molecule has 1 nitrogen and oxygen atoms in total. The lowest BCUT2D eigenvalue weighted by atomic mass is 9.63. The van der Waals surface area contributed by atoms with Gasteiger partial charge in [0.2, 0.25) is 0 Å². The molecule has 1 unspecified atom stereocenters. The Kier molecular flexibility index (Phi) is 4.00. The molecule has 0 saturated heterocycles. The highest BCUT2D eigenvalue weighted by atomic mass is 16.3. The van der Waals surface area contributed by atoms with Gasteiger partial charge >= 0.3 is 0 Å². The van der Waals surface area contributed by atoms with Crippen molar-refractivity contribution < 1.29 is 5.11 Å². The molecule has 0 aromatic heterocycles. The minimum Gasteiger partial charge on any atom is -0.390 e. The summed E-state index contributed by atoms with van der Waals surface area (Å²) in [6.45, 7) is 9.02. The summed E-state index contributed by atoms with van der Waals surface area (Å²) >= 11 is 0. The van der Waals surface area contributed by atoms with Crippen molar-refractivity contribution in [1.82, 2.24) is 0 Å². The molecule has 0 amide bonds. The van der Waals surface area contributed by atoms with E-state index in [4.69, 9.17) is 0 Å². The molecule has 1 fully saturated rings. The molecule has 1 aliphatic rings. The Morgan fingerprint density at radius 1 is 1.29 bits per heavy atom. The third-order valence-electron chi connectivity index (χ3n) is 3.74. The summed E-state index contributed by atoms with van der Waals surface area (Å²) in [6.07, 6.45) is 5.60. The monoisotopic (exact) mass is 198 g/mol. The first-order valence-corrected chi connectivity index (χ1v) is 6.19. The van der Waals surface area contributed by atoms with Gasteiger partial charge in [-0.15, -0.1) is 0 Å². The van der Waals surface area contributed by atoms with Gasteiger partial charge < -0.3 is 5.11 Å². The van der Waals surface area contributed by atoms with Gasteiger partial charge in [-0.1, -0.05) is 40.5 Å². The topological polar surface area (TPSA) is 20.2 Å². The highest BCUT2D eigenvalue weighted by Crippen LogP contribution is 2.45. The van der Waals surface area contributed by atoms with E-state index in [-0.39, 0.29) is 5.60 Å².